The van der Waals surface area contributed by atoms with Gasteiger partial charge in [-0.3, -0.25) is 4.79 Å². The van der Waals surface area contributed by atoms with Crippen molar-refractivity contribution in [1.82, 2.24) is 0 Å². The van der Waals surface area contributed by atoms with Gasteiger partial charge in [-0.15, -0.1) is 0 Å². The predicted octanol–water partition coefficient (Wildman–Crippen LogP) is 6.49. The molecule has 0 aliphatic rings. The SMILES string of the molecule is O=Cc1cccc(N(c2ccc(Br)cc2)c2ccc(Br)cc2)c1. The van der Waals surface area contributed by atoms with Crippen molar-refractivity contribution in [3.63, 3.8) is 0 Å². The van der Waals surface area contributed by atoms with E-state index in [1.807, 2.05) is 66.7 Å². The molecule has 3 aromatic carbocycles. The number of halogens is 2. The van der Waals surface area contributed by atoms with E-state index in [2.05, 4.69) is 36.8 Å². The van der Waals surface area contributed by atoms with Crippen LogP contribution in [-0.4, -0.2) is 6.29 Å². The molecule has 0 unspecified atom stereocenters. The van der Waals surface area contributed by atoms with E-state index in [-0.39, 0.29) is 0 Å². The Morgan fingerprint density at radius 3 is 1.70 bits per heavy atom. The minimum absolute atomic E-state index is 0.654. The van der Waals surface area contributed by atoms with Crippen LogP contribution in [0.25, 0.3) is 0 Å². The third kappa shape index (κ3) is 3.71. The predicted molar refractivity (Wildman–Crippen MR) is 102 cm³/mol. The van der Waals surface area contributed by atoms with Crippen LogP contribution in [0.2, 0.25) is 0 Å². The summed E-state index contributed by atoms with van der Waals surface area (Å²) in [6.07, 6.45) is 0.866. The molecule has 0 aliphatic carbocycles. The number of aldehydes is 1. The fourth-order valence-corrected chi connectivity index (χ4v) is 2.89. The van der Waals surface area contributed by atoms with Gasteiger partial charge in [0.25, 0.3) is 0 Å². The van der Waals surface area contributed by atoms with Gasteiger partial charge in [0, 0.05) is 31.6 Å². The fourth-order valence-electron chi connectivity index (χ4n) is 2.36. The molecule has 0 saturated heterocycles. The van der Waals surface area contributed by atoms with Crippen molar-refractivity contribution in [3.8, 4) is 0 Å². The van der Waals surface area contributed by atoms with E-state index in [1.54, 1.807) is 6.07 Å². The van der Waals surface area contributed by atoms with Crippen molar-refractivity contribution >= 4 is 55.2 Å². The summed E-state index contributed by atoms with van der Waals surface area (Å²) in [5.74, 6) is 0. The topological polar surface area (TPSA) is 20.3 Å². The maximum atomic E-state index is 11.1. The molecule has 114 valence electrons. The quantitative estimate of drug-likeness (QED) is 0.440. The Morgan fingerprint density at radius 1 is 0.696 bits per heavy atom. The highest BCUT2D eigenvalue weighted by Crippen LogP contribution is 2.35. The Balaban J connectivity index is 2.14. The van der Waals surface area contributed by atoms with Gasteiger partial charge < -0.3 is 4.90 Å². The molecule has 0 saturated carbocycles. The van der Waals surface area contributed by atoms with Crippen LogP contribution in [0.1, 0.15) is 10.4 Å². The lowest BCUT2D eigenvalue weighted by Crippen LogP contribution is -2.10. The number of carbonyl (C=O) groups is 1. The smallest absolute Gasteiger partial charge is 0.150 e. The second-order valence-electron chi connectivity index (χ2n) is 5.00. The number of nitrogens with zero attached hydrogens (tertiary/aromatic N) is 1. The highest BCUT2D eigenvalue weighted by atomic mass is 79.9. The Hall–Kier alpha value is -1.91. The molecule has 0 heterocycles. The van der Waals surface area contributed by atoms with Crippen LogP contribution in [0.15, 0.2) is 81.7 Å². The molecule has 0 amide bonds. The summed E-state index contributed by atoms with van der Waals surface area (Å²) in [6.45, 7) is 0. The molecule has 0 N–H and O–H groups in total. The standard InChI is InChI=1S/C19H13Br2NO/c20-15-4-8-17(9-5-15)22(18-10-6-16(21)7-11-18)19-3-1-2-14(12-19)13-23/h1-13H. The molecule has 4 heteroatoms. The third-order valence-corrected chi connectivity index (χ3v) is 4.49. The first-order valence-corrected chi connectivity index (χ1v) is 8.62. The first-order valence-electron chi connectivity index (χ1n) is 7.04. The summed E-state index contributed by atoms with van der Waals surface area (Å²) in [5.41, 5.74) is 3.65. The fraction of sp³-hybridized carbons (Fsp3) is 0. The number of carbonyl (C=O) groups excluding carboxylic acids is 1. The maximum absolute atomic E-state index is 11.1. The number of hydrogen-bond donors (Lipinski definition) is 0. The monoisotopic (exact) mass is 429 g/mol. The van der Waals surface area contributed by atoms with E-state index < -0.39 is 0 Å². The molecule has 0 radical (unpaired) electrons. The van der Waals surface area contributed by atoms with Gasteiger partial charge in [-0.25, -0.2) is 0 Å². The normalized spacial score (nSPS) is 10.3. The van der Waals surface area contributed by atoms with E-state index in [9.17, 15) is 4.79 Å². The van der Waals surface area contributed by atoms with Gasteiger partial charge in [-0.05, 0) is 60.7 Å². The third-order valence-electron chi connectivity index (χ3n) is 3.43. The molecule has 0 spiro atoms. The molecular formula is C19H13Br2NO. The molecule has 0 bridgehead atoms. The maximum Gasteiger partial charge on any atom is 0.150 e. The summed E-state index contributed by atoms with van der Waals surface area (Å²) < 4.78 is 2.05. The molecule has 3 aromatic rings. The Morgan fingerprint density at radius 2 is 1.22 bits per heavy atom. The van der Waals surface area contributed by atoms with Crippen LogP contribution < -0.4 is 4.90 Å². The number of rotatable bonds is 4. The zero-order chi connectivity index (χ0) is 16.2. The van der Waals surface area contributed by atoms with Gasteiger partial charge in [0.1, 0.15) is 6.29 Å². The van der Waals surface area contributed by atoms with Gasteiger partial charge in [0.05, 0.1) is 0 Å². The zero-order valence-corrected chi connectivity index (χ0v) is 15.3. The lowest BCUT2D eigenvalue weighted by Gasteiger charge is -2.25. The molecule has 0 fully saturated rings. The lowest BCUT2D eigenvalue weighted by atomic mass is 10.1. The average molecular weight is 431 g/mol. The second-order valence-corrected chi connectivity index (χ2v) is 6.83. The van der Waals surface area contributed by atoms with E-state index >= 15 is 0 Å². The van der Waals surface area contributed by atoms with Crippen LogP contribution in [0, 0.1) is 0 Å². The number of anilines is 3. The largest absolute Gasteiger partial charge is 0.310 e. The molecule has 23 heavy (non-hydrogen) atoms. The summed E-state index contributed by atoms with van der Waals surface area (Å²) >= 11 is 6.94. The van der Waals surface area contributed by atoms with Gasteiger partial charge in [0.15, 0.2) is 0 Å². The first-order chi connectivity index (χ1) is 11.2. The molecule has 0 aliphatic heterocycles. The Kier molecular flexibility index (Phi) is 4.94. The van der Waals surface area contributed by atoms with E-state index in [0.717, 1.165) is 32.3 Å². The minimum Gasteiger partial charge on any atom is -0.310 e. The Bertz CT molecular complexity index is 768. The van der Waals surface area contributed by atoms with Crippen LogP contribution in [0.3, 0.4) is 0 Å². The van der Waals surface area contributed by atoms with Crippen LogP contribution in [0.5, 0.6) is 0 Å². The van der Waals surface area contributed by atoms with E-state index in [4.69, 9.17) is 0 Å². The Labute approximate surface area is 152 Å². The molecule has 0 atom stereocenters. The summed E-state index contributed by atoms with van der Waals surface area (Å²) in [7, 11) is 0. The molecule has 3 rings (SSSR count). The molecule has 2 nitrogen and oxygen atoms in total. The number of hydrogen-bond acceptors (Lipinski definition) is 2. The van der Waals surface area contributed by atoms with Crippen molar-refractivity contribution < 1.29 is 4.79 Å². The highest BCUT2D eigenvalue weighted by Gasteiger charge is 2.12. The van der Waals surface area contributed by atoms with Crippen LogP contribution in [-0.2, 0) is 0 Å². The minimum atomic E-state index is 0.654. The van der Waals surface area contributed by atoms with Crippen molar-refractivity contribution in [2.45, 2.75) is 0 Å². The van der Waals surface area contributed by atoms with Gasteiger partial charge in [-0.2, -0.15) is 0 Å². The summed E-state index contributed by atoms with van der Waals surface area (Å²) in [4.78, 5) is 13.2. The summed E-state index contributed by atoms with van der Waals surface area (Å²) in [6, 6.07) is 23.8. The van der Waals surface area contributed by atoms with Crippen molar-refractivity contribution in [3.05, 3.63) is 87.3 Å². The average Bonchev–Trinajstić information content (AvgIpc) is 2.59. The van der Waals surface area contributed by atoms with Crippen molar-refractivity contribution in [2.75, 3.05) is 4.90 Å². The van der Waals surface area contributed by atoms with Crippen LogP contribution >= 0.6 is 31.9 Å². The van der Waals surface area contributed by atoms with E-state index in [1.165, 1.54) is 0 Å². The van der Waals surface area contributed by atoms with E-state index in [0.29, 0.717) is 5.56 Å². The molecule has 0 aromatic heterocycles. The van der Waals surface area contributed by atoms with Crippen LogP contribution in [0.4, 0.5) is 17.1 Å². The van der Waals surface area contributed by atoms with Gasteiger partial charge >= 0.3 is 0 Å². The van der Waals surface area contributed by atoms with Crippen molar-refractivity contribution in [1.29, 1.82) is 0 Å². The number of benzene rings is 3. The lowest BCUT2D eigenvalue weighted by molar-refractivity contribution is 0.112. The van der Waals surface area contributed by atoms with Gasteiger partial charge in [0.2, 0.25) is 0 Å². The zero-order valence-electron chi connectivity index (χ0n) is 12.1. The second kappa shape index (κ2) is 7.11. The highest BCUT2D eigenvalue weighted by molar-refractivity contribution is 9.10. The summed E-state index contributed by atoms with van der Waals surface area (Å²) in [5, 5.41) is 0. The van der Waals surface area contributed by atoms with Crippen molar-refractivity contribution in [2.24, 2.45) is 0 Å². The van der Waals surface area contributed by atoms with Gasteiger partial charge in [-0.1, -0.05) is 44.0 Å². The molecular weight excluding hydrogens is 418 g/mol. The first kappa shape index (κ1) is 16.0.